The molecule has 0 fully saturated rings. The van der Waals surface area contributed by atoms with Crippen molar-refractivity contribution in [3.63, 3.8) is 0 Å². The van der Waals surface area contributed by atoms with E-state index in [0.29, 0.717) is 15.8 Å². The summed E-state index contributed by atoms with van der Waals surface area (Å²) in [5.74, 6) is -0.592. The van der Waals surface area contributed by atoms with Gasteiger partial charge in [-0.2, -0.15) is 0 Å². The van der Waals surface area contributed by atoms with Crippen LogP contribution in [0.4, 0.5) is 5.00 Å². The minimum atomic E-state index is -0.465. The fourth-order valence-electron chi connectivity index (χ4n) is 3.39. The van der Waals surface area contributed by atoms with Crippen molar-refractivity contribution in [2.24, 2.45) is 5.73 Å². The van der Waals surface area contributed by atoms with Gasteiger partial charge in [-0.1, -0.05) is 32.9 Å². The van der Waals surface area contributed by atoms with Crippen LogP contribution >= 0.6 is 23.1 Å². The van der Waals surface area contributed by atoms with Crippen molar-refractivity contribution >= 4 is 39.9 Å². The van der Waals surface area contributed by atoms with Crippen molar-refractivity contribution in [2.75, 3.05) is 18.4 Å². The molecule has 1 aliphatic rings. The van der Waals surface area contributed by atoms with Crippen molar-refractivity contribution < 1.29 is 9.59 Å². The largest absolute Gasteiger partial charge is 0.365 e. The van der Waals surface area contributed by atoms with E-state index in [4.69, 9.17) is 5.73 Å². The Kier molecular flexibility index (Phi) is 6.80. The fourth-order valence-corrected chi connectivity index (χ4v) is 5.54. The zero-order chi connectivity index (χ0) is 20.3. The van der Waals surface area contributed by atoms with Crippen molar-refractivity contribution in [3.8, 4) is 0 Å². The van der Waals surface area contributed by atoms with Crippen LogP contribution in [0.2, 0.25) is 0 Å². The molecule has 28 heavy (non-hydrogen) atoms. The Labute approximate surface area is 174 Å². The van der Waals surface area contributed by atoms with Gasteiger partial charge < -0.3 is 11.1 Å². The highest BCUT2D eigenvalue weighted by Crippen LogP contribution is 2.37. The van der Waals surface area contributed by atoms with Gasteiger partial charge in [0.15, 0.2) is 0 Å². The number of fused-ring (bicyclic) bond motifs is 1. The molecule has 2 heterocycles. The summed E-state index contributed by atoms with van der Waals surface area (Å²) in [6.45, 7) is 9.12. The molecule has 0 saturated carbocycles. The lowest BCUT2D eigenvalue weighted by Crippen LogP contribution is -2.30. The highest BCUT2D eigenvalue weighted by molar-refractivity contribution is 7.99. The van der Waals surface area contributed by atoms with Crippen LogP contribution in [0.5, 0.6) is 0 Å². The van der Waals surface area contributed by atoms with Gasteiger partial charge in [0.2, 0.25) is 5.91 Å². The maximum absolute atomic E-state index is 12.6. The van der Waals surface area contributed by atoms with E-state index in [1.807, 2.05) is 24.3 Å². The molecule has 1 aromatic heterocycles. The van der Waals surface area contributed by atoms with Crippen LogP contribution in [-0.2, 0) is 24.2 Å². The predicted octanol–water partition coefficient (Wildman–Crippen LogP) is 3.91. The normalized spacial score (nSPS) is 14.1. The number of thioether (sulfide) groups is 1. The van der Waals surface area contributed by atoms with Crippen molar-refractivity contribution in [2.45, 2.75) is 50.3 Å². The van der Waals surface area contributed by atoms with E-state index in [1.54, 1.807) is 11.8 Å². The monoisotopic (exact) mass is 417 g/mol. The summed E-state index contributed by atoms with van der Waals surface area (Å²) in [4.78, 5) is 29.3. The van der Waals surface area contributed by atoms with Crippen molar-refractivity contribution in [1.82, 2.24) is 4.90 Å². The number of primary amides is 1. The average Bonchev–Trinajstić information content (AvgIpc) is 2.99. The molecule has 7 heteroatoms. The molecule has 1 aliphatic heterocycles. The number of hydrogen-bond acceptors (Lipinski definition) is 5. The standard InChI is InChI=1S/C21H27N3O2S2/c1-4-24-10-9-16-17(12-24)28-21(19(16)20(22)26)23-18(25)11-14-5-7-15(8-6-14)27-13(2)3/h5-8,13H,4,9-12H2,1-3H3,(H2,22,26)(H,23,25). The number of nitrogens with one attached hydrogen (secondary N) is 1. The second-order valence-electron chi connectivity index (χ2n) is 7.23. The first-order chi connectivity index (χ1) is 13.4. The first-order valence-electron chi connectivity index (χ1n) is 9.59. The van der Waals surface area contributed by atoms with E-state index in [-0.39, 0.29) is 12.3 Å². The summed E-state index contributed by atoms with van der Waals surface area (Å²) in [6, 6.07) is 8.06. The molecule has 2 amide bonds. The van der Waals surface area contributed by atoms with Crippen LogP contribution in [0.1, 0.15) is 47.1 Å². The smallest absolute Gasteiger partial charge is 0.251 e. The van der Waals surface area contributed by atoms with E-state index < -0.39 is 5.91 Å². The van der Waals surface area contributed by atoms with Gasteiger partial charge in [-0.3, -0.25) is 14.5 Å². The third kappa shape index (κ3) is 4.96. The molecule has 3 N–H and O–H groups in total. The minimum absolute atomic E-state index is 0.127. The second kappa shape index (κ2) is 9.11. The first-order valence-corrected chi connectivity index (χ1v) is 11.3. The van der Waals surface area contributed by atoms with E-state index >= 15 is 0 Å². The van der Waals surface area contributed by atoms with Gasteiger partial charge in [0.1, 0.15) is 5.00 Å². The maximum Gasteiger partial charge on any atom is 0.251 e. The molecule has 0 saturated heterocycles. The molecule has 5 nitrogen and oxygen atoms in total. The Morgan fingerprint density at radius 2 is 2.00 bits per heavy atom. The Morgan fingerprint density at radius 1 is 1.29 bits per heavy atom. The molecular weight excluding hydrogens is 390 g/mol. The number of benzene rings is 1. The predicted molar refractivity (Wildman–Crippen MR) is 117 cm³/mol. The van der Waals surface area contributed by atoms with E-state index in [1.165, 1.54) is 16.2 Å². The fraction of sp³-hybridized carbons (Fsp3) is 0.429. The summed E-state index contributed by atoms with van der Waals surface area (Å²) in [6.07, 6.45) is 1.07. The van der Waals surface area contributed by atoms with Crippen molar-refractivity contribution in [3.05, 3.63) is 45.8 Å². The number of likely N-dealkylation sites (N-methyl/N-ethyl adjacent to an activating group) is 1. The molecule has 3 rings (SSSR count). The summed E-state index contributed by atoms with van der Waals surface area (Å²) in [5.41, 5.74) is 8.08. The zero-order valence-corrected chi connectivity index (χ0v) is 18.2. The zero-order valence-electron chi connectivity index (χ0n) is 16.6. The van der Waals surface area contributed by atoms with Crippen LogP contribution < -0.4 is 11.1 Å². The highest BCUT2D eigenvalue weighted by atomic mass is 32.2. The van der Waals surface area contributed by atoms with Gasteiger partial charge in [-0.05, 0) is 36.2 Å². The van der Waals surface area contributed by atoms with Crippen LogP contribution in [0.3, 0.4) is 0 Å². The number of amides is 2. The average molecular weight is 418 g/mol. The molecule has 2 aromatic rings. The minimum Gasteiger partial charge on any atom is -0.365 e. The maximum atomic E-state index is 12.6. The number of rotatable bonds is 7. The molecule has 1 aromatic carbocycles. The lowest BCUT2D eigenvalue weighted by molar-refractivity contribution is -0.115. The number of carbonyl (C=O) groups excluding carboxylic acids is 2. The van der Waals surface area contributed by atoms with E-state index in [2.05, 4.69) is 31.0 Å². The van der Waals surface area contributed by atoms with Gasteiger partial charge in [0.05, 0.1) is 12.0 Å². The number of anilines is 1. The van der Waals surface area contributed by atoms with Gasteiger partial charge in [0, 0.05) is 28.1 Å². The van der Waals surface area contributed by atoms with E-state index in [0.717, 1.165) is 42.1 Å². The third-order valence-electron chi connectivity index (χ3n) is 4.74. The Hall–Kier alpha value is -1.83. The first kappa shape index (κ1) is 20.9. The van der Waals surface area contributed by atoms with Gasteiger partial charge in [-0.25, -0.2) is 0 Å². The Balaban J connectivity index is 1.72. The van der Waals surface area contributed by atoms with Crippen LogP contribution in [0.15, 0.2) is 29.2 Å². The van der Waals surface area contributed by atoms with Gasteiger partial charge >= 0.3 is 0 Å². The third-order valence-corrected chi connectivity index (χ3v) is 6.89. The summed E-state index contributed by atoms with van der Waals surface area (Å²) in [5, 5.41) is 4.05. The molecule has 0 spiro atoms. The highest BCUT2D eigenvalue weighted by Gasteiger charge is 2.27. The van der Waals surface area contributed by atoms with Crippen molar-refractivity contribution in [1.29, 1.82) is 0 Å². The van der Waals surface area contributed by atoms with Crippen LogP contribution in [0, 0.1) is 0 Å². The molecule has 0 unspecified atom stereocenters. The van der Waals surface area contributed by atoms with Crippen LogP contribution in [0.25, 0.3) is 0 Å². The SMILES string of the molecule is CCN1CCc2c(sc(NC(=O)Cc3ccc(SC(C)C)cc3)c2C(N)=O)C1. The molecule has 0 bridgehead atoms. The molecular formula is C21H27N3O2S2. The Bertz CT molecular complexity index is 859. The summed E-state index contributed by atoms with van der Waals surface area (Å²) < 4.78 is 0. The summed E-state index contributed by atoms with van der Waals surface area (Å²) in [7, 11) is 0. The second-order valence-corrected chi connectivity index (χ2v) is 9.98. The van der Waals surface area contributed by atoms with E-state index in [9.17, 15) is 9.59 Å². The number of carbonyl (C=O) groups is 2. The number of thiophene rings is 1. The van der Waals surface area contributed by atoms with Gasteiger partial charge in [-0.15, -0.1) is 23.1 Å². The number of nitrogens with zero attached hydrogens (tertiary/aromatic N) is 1. The Morgan fingerprint density at radius 3 is 2.61 bits per heavy atom. The number of hydrogen-bond donors (Lipinski definition) is 2. The molecule has 0 radical (unpaired) electrons. The molecule has 150 valence electrons. The molecule has 0 aliphatic carbocycles. The topological polar surface area (TPSA) is 75.4 Å². The molecule has 0 atom stereocenters. The summed E-state index contributed by atoms with van der Waals surface area (Å²) >= 11 is 3.28. The lowest BCUT2D eigenvalue weighted by Gasteiger charge is -2.25. The quantitative estimate of drug-likeness (QED) is 0.670. The van der Waals surface area contributed by atoms with Crippen LogP contribution in [-0.4, -0.2) is 35.1 Å². The van der Waals surface area contributed by atoms with Gasteiger partial charge in [0.25, 0.3) is 5.91 Å². The lowest BCUT2D eigenvalue weighted by atomic mass is 10.0. The number of nitrogens with two attached hydrogens (primary N) is 1.